The fourth-order valence-electron chi connectivity index (χ4n) is 3.43. The van der Waals surface area contributed by atoms with Crippen molar-refractivity contribution in [1.82, 2.24) is 9.97 Å². The molecule has 0 saturated carbocycles. The zero-order valence-corrected chi connectivity index (χ0v) is 16.2. The topological polar surface area (TPSA) is 80.1 Å². The number of furan rings is 1. The quantitative estimate of drug-likeness (QED) is 0.493. The minimum absolute atomic E-state index is 0.264. The molecule has 4 aromatic rings. The number of aromatic amines is 1. The number of anilines is 1. The molecule has 6 nitrogen and oxygen atoms in total. The molecule has 2 N–H and O–H groups in total. The molecule has 0 atom stereocenters. The molecule has 0 saturated heterocycles. The van der Waals surface area contributed by atoms with Crippen molar-refractivity contribution in [3.8, 4) is 5.75 Å². The van der Waals surface area contributed by atoms with Crippen molar-refractivity contribution in [2.45, 2.75) is 20.8 Å². The Bertz CT molecular complexity index is 1200. The highest BCUT2D eigenvalue weighted by atomic mass is 16.5. The number of nitrogens with zero attached hydrogens (tertiary/aromatic N) is 1. The van der Waals surface area contributed by atoms with Gasteiger partial charge >= 0.3 is 0 Å². The van der Waals surface area contributed by atoms with Gasteiger partial charge in [0.1, 0.15) is 11.3 Å². The van der Waals surface area contributed by atoms with E-state index < -0.39 is 0 Å². The molecule has 0 bridgehead atoms. The van der Waals surface area contributed by atoms with Gasteiger partial charge in [-0.2, -0.15) is 0 Å². The van der Waals surface area contributed by atoms with Crippen molar-refractivity contribution >= 4 is 39.4 Å². The molecule has 0 aliphatic carbocycles. The molecule has 0 radical (unpaired) electrons. The minimum atomic E-state index is -0.264. The first kappa shape index (κ1) is 17.9. The van der Waals surface area contributed by atoms with Crippen molar-refractivity contribution in [2.24, 2.45) is 0 Å². The van der Waals surface area contributed by atoms with Gasteiger partial charge < -0.3 is 14.1 Å². The van der Waals surface area contributed by atoms with Crippen LogP contribution in [-0.2, 0) is 4.79 Å². The highest BCUT2D eigenvalue weighted by molar-refractivity contribution is 6.04. The van der Waals surface area contributed by atoms with Crippen LogP contribution in [0.4, 0.5) is 5.95 Å². The predicted molar refractivity (Wildman–Crippen MR) is 111 cm³/mol. The first-order valence-electron chi connectivity index (χ1n) is 8.97. The van der Waals surface area contributed by atoms with Gasteiger partial charge in [0.25, 0.3) is 5.91 Å². The van der Waals surface area contributed by atoms with E-state index in [1.807, 2.05) is 51.1 Å². The molecular weight excluding hydrogens is 354 g/mol. The Morgan fingerprint density at radius 1 is 1.29 bits per heavy atom. The summed E-state index contributed by atoms with van der Waals surface area (Å²) in [5.74, 6) is 0.854. The molecular formula is C22H21N3O3. The molecule has 0 aliphatic rings. The number of fused-ring (bicyclic) bond motifs is 2. The van der Waals surface area contributed by atoms with E-state index in [1.54, 1.807) is 19.4 Å². The molecule has 6 heteroatoms. The van der Waals surface area contributed by atoms with Crippen LogP contribution in [0.2, 0.25) is 0 Å². The fraction of sp³-hybridized carbons (Fsp3) is 0.182. The van der Waals surface area contributed by atoms with Crippen molar-refractivity contribution < 1.29 is 13.9 Å². The molecule has 4 rings (SSSR count). The number of imidazole rings is 1. The van der Waals surface area contributed by atoms with Crippen molar-refractivity contribution in [2.75, 3.05) is 12.4 Å². The number of carbonyl (C=O) groups excluding carboxylic acids is 1. The summed E-state index contributed by atoms with van der Waals surface area (Å²) in [5, 5.41) is 3.80. The number of ether oxygens (including phenoxy) is 1. The van der Waals surface area contributed by atoms with E-state index in [0.29, 0.717) is 11.7 Å². The van der Waals surface area contributed by atoms with Crippen molar-refractivity contribution in [1.29, 1.82) is 0 Å². The van der Waals surface area contributed by atoms with Gasteiger partial charge in [0, 0.05) is 22.6 Å². The Morgan fingerprint density at radius 2 is 2.07 bits per heavy atom. The summed E-state index contributed by atoms with van der Waals surface area (Å²) in [6.45, 7) is 5.83. The smallest absolute Gasteiger partial charge is 0.250 e. The Morgan fingerprint density at radius 3 is 2.82 bits per heavy atom. The lowest BCUT2D eigenvalue weighted by atomic mass is 9.98. The second-order valence-corrected chi connectivity index (χ2v) is 6.80. The average Bonchev–Trinajstić information content (AvgIpc) is 3.24. The van der Waals surface area contributed by atoms with Crippen LogP contribution < -0.4 is 10.1 Å². The van der Waals surface area contributed by atoms with Gasteiger partial charge in [-0.3, -0.25) is 10.1 Å². The maximum atomic E-state index is 12.5. The Kier molecular flexibility index (Phi) is 4.39. The van der Waals surface area contributed by atoms with Gasteiger partial charge in [0.05, 0.1) is 24.4 Å². The van der Waals surface area contributed by atoms with Gasteiger partial charge in [0.15, 0.2) is 0 Å². The highest BCUT2D eigenvalue weighted by Gasteiger charge is 2.17. The van der Waals surface area contributed by atoms with Crippen molar-refractivity contribution in [3.05, 3.63) is 59.4 Å². The molecule has 142 valence electrons. The number of H-pyrrole nitrogens is 1. The van der Waals surface area contributed by atoms with Crippen LogP contribution in [0.5, 0.6) is 5.75 Å². The predicted octanol–water partition coefficient (Wildman–Crippen LogP) is 4.98. The van der Waals surface area contributed by atoms with Crippen LogP contribution >= 0.6 is 0 Å². The molecule has 0 unspecified atom stereocenters. The monoisotopic (exact) mass is 375 g/mol. The second kappa shape index (κ2) is 6.88. The first-order valence-corrected chi connectivity index (χ1v) is 8.97. The summed E-state index contributed by atoms with van der Waals surface area (Å²) in [5.41, 5.74) is 6.08. The Hall–Kier alpha value is -3.54. The van der Waals surface area contributed by atoms with Crippen LogP contribution in [0.15, 0.2) is 47.1 Å². The van der Waals surface area contributed by atoms with E-state index in [1.165, 1.54) is 0 Å². The van der Waals surface area contributed by atoms with E-state index in [4.69, 9.17) is 9.15 Å². The average molecular weight is 375 g/mol. The van der Waals surface area contributed by atoms with Gasteiger partial charge in [-0.1, -0.05) is 12.1 Å². The largest absolute Gasteiger partial charge is 0.496 e. The van der Waals surface area contributed by atoms with Gasteiger partial charge in [-0.25, -0.2) is 4.98 Å². The van der Waals surface area contributed by atoms with E-state index in [0.717, 1.165) is 44.3 Å². The molecule has 2 aromatic heterocycles. The van der Waals surface area contributed by atoms with Crippen LogP contribution in [-0.4, -0.2) is 23.0 Å². The first-order chi connectivity index (χ1) is 13.5. The fourth-order valence-corrected chi connectivity index (χ4v) is 3.43. The number of rotatable bonds is 4. The van der Waals surface area contributed by atoms with Crippen LogP contribution in [0.3, 0.4) is 0 Å². The van der Waals surface area contributed by atoms with E-state index in [-0.39, 0.29) is 5.91 Å². The molecule has 2 aromatic carbocycles. The number of methoxy groups -OCH3 is 1. The van der Waals surface area contributed by atoms with Crippen LogP contribution in [0.1, 0.15) is 23.6 Å². The van der Waals surface area contributed by atoms with Gasteiger partial charge in [0.2, 0.25) is 5.95 Å². The molecule has 28 heavy (non-hydrogen) atoms. The number of aromatic nitrogens is 2. The summed E-state index contributed by atoms with van der Waals surface area (Å²) in [6, 6.07) is 9.62. The summed E-state index contributed by atoms with van der Waals surface area (Å²) in [6.07, 6.45) is 3.28. The second-order valence-electron chi connectivity index (χ2n) is 6.80. The molecule has 1 amide bonds. The normalized spacial score (nSPS) is 11.9. The maximum absolute atomic E-state index is 12.5. The summed E-state index contributed by atoms with van der Waals surface area (Å²) >= 11 is 0. The molecule has 0 spiro atoms. The molecule has 2 heterocycles. The number of aryl methyl sites for hydroxylation is 2. The third kappa shape index (κ3) is 3.03. The minimum Gasteiger partial charge on any atom is -0.496 e. The zero-order chi connectivity index (χ0) is 19.8. The third-order valence-corrected chi connectivity index (χ3v) is 4.85. The number of amides is 1. The summed E-state index contributed by atoms with van der Waals surface area (Å²) in [7, 11) is 1.62. The lowest BCUT2D eigenvalue weighted by Crippen LogP contribution is -2.10. The van der Waals surface area contributed by atoms with E-state index >= 15 is 0 Å². The Balaban J connectivity index is 1.67. The lowest BCUT2D eigenvalue weighted by Gasteiger charge is -2.13. The number of hydrogen-bond acceptors (Lipinski definition) is 4. The van der Waals surface area contributed by atoms with Gasteiger partial charge in [-0.05, 0) is 50.1 Å². The Labute approximate surface area is 162 Å². The summed E-state index contributed by atoms with van der Waals surface area (Å²) in [4.78, 5) is 20.0. The number of para-hydroxylation sites is 2. The number of allylic oxidation sites excluding steroid dienone is 1. The standard InChI is InChI=1S/C22H21N3O3/c1-12(9-19(26)25-22-23-17-7-5-6-8-18(17)24-22)15-10-16-13(2)11-28-21(16)14(3)20(15)27-4/h5-11H,1-4H3,(H2,23,24,25,26)/b12-9+. The van der Waals surface area contributed by atoms with Crippen LogP contribution in [0.25, 0.3) is 27.6 Å². The van der Waals surface area contributed by atoms with E-state index in [2.05, 4.69) is 15.3 Å². The maximum Gasteiger partial charge on any atom is 0.250 e. The molecule has 0 aliphatic heterocycles. The van der Waals surface area contributed by atoms with Crippen LogP contribution in [0, 0.1) is 13.8 Å². The highest BCUT2D eigenvalue weighted by Crippen LogP contribution is 2.37. The SMILES string of the molecule is COc1c(/C(C)=C/C(=O)Nc2nc3ccccc3[nH]2)cc2c(C)coc2c1C. The summed E-state index contributed by atoms with van der Waals surface area (Å²) < 4.78 is 11.3. The van der Waals surface area contributed by atoms with Crippen molar-refractivity contribution in [3.63, 3.8) is 0 Å². The van der Waals surface area contributed by atoms with Gasteiger partial charge in [-0.15, -0.1) is 0 Å². The number of carbonyl (C=O) groups is 1. The number of nitrogens with one attached hydrogen (secondary N) is 2. The lowest BCUT2D eigenvalue weighted by molar-refractivity contribution is -0.111. The third-order valence-electron chi connectivity index (χ3n) is 4.85. The number of hydrogen-bond donors (Lipinski definition) is 2. The zero-order valence-electron chi connectivity index (χ0n) is 16.2. The van der Waals surface area contributed by atoms with E-state index in [9.17, 15) is 4.79 Å². The number of benzene rings is 2. The molecule has 0 fully saturated rings.